The Hall–Kier alpha value is -0.0800. The number of halogens is 2. The molecule has 0 aliphatic rings. The van der Waals surface area contributed by atoms with Gasteiger partial charge in [-0.2, -0.15) is 0 Å². The summed E-state index contributed by atoms with van der Waals surface area (Å²) in [6, 6.07) is 0. The quantitative estimate of drug-likeness (QED) is 0.402. The van der Waals surface area contributed by atoms with Crippen LogP contribution in [-0.2, 0) is 9.59 Å². The van der Waals surface area contributed by atoms with Crippen molar-refractivity contribution >= 4 is 35.2 Å². The fourth-order valence-corrected chi connectivity index (χ4v) is 0. The van der Waals surface area contributed by atoms with Crippen LogP contribution in [0.5, 0.6) is 0 Å². The Morgan fingerprint density at radius 1 is 1.57 bits per heavy atom. The molecule has 0 unspecified atom stereocenters. The van der Waals surface area contributed by atoms with Crippen molar-refractivity contribution in [1.82, 2.24) is 0 Å². The monoisotopic (exact) mass is 142 g/mol. The molecule has 0 radical (unpaired) electrons. The second-order valence-corrected chi connectivity index (χ2v) is 1.18. The summed E-state index contributed by atoms with van der Waals surface area (Å²) in [6.45, 7) is 2.00. The molecule has 0 aromatic heterocycles. The predicted octanol–water partition coefficient (Wildman–Crippen LogP) is 0.806. The van der Waals surface area contributed by atoms with Gasteiger partial charge in [0.2, 0.25) is 5.24 Å². The maximum atomic E-state index is 9.45. The molecule has 42 valence electrons. The van der Waals surface area contributed by atoms with Crippen LogP contribution in [-0.4, -0.2) is 17.9 Å². The SMILES string of the molecule is C=O.O=C(Cl)CCl. The Kier molecular flexibility index (Phi) is 13.3. The average Bonchev–Trinajstić information content (AvgIpc) is 1.73. The van der Waals surface area contributed by atoms with E-state index in [1.54, 1.807) is 0 Å². The van der Waals surface area contributed by atoms with Crippen molar-refractivity contribution in [1.29, 1.82) is 0 Å². The van der Waals surface area contributed by atoms with Crippen molar-refractivity contribution in [3.63, 3.8) is 0 Å². The summed E-state index contributed by atoms with van der Waals surface area (Å²) in [4.78, 5) is 17.4. The third kappa shape index (κ3) is 24.7. The highest BCUT2D eigenvalue weighted by atomic mass is 35.5. The molecule has 0 N–H and O–H groups in total. The lowest BCUT2D eigenvalue weighted by atomic mass is 10.9. The molecule has 0 aromatic rings. The number of rotatable bonds is 1. The molecule has 0 saturated heterocycles. The molecule has 0 heterocycles. The van der Waals surface area contributed by atoms with Crippen molar-refractivity contribution in [3.05, 3.63) is 0 Å². The molecule has 0 bridgehead atoms. The number of carbonyl (C=O) groups excluding carboxylic acids is 2. The van der Waals surface area contributed by atoms with Crippen LogP contribution in [0.15, 0.2) is 0 Å². The first-order valence-electron chi connectivity index (χ1n) is 1.30. The lowest BCUT2D eigenvalue weighted by Crippen LogP contribution is -1.81. The minimum Gasteiger partial charge on any atom is -0.307 e. The van der Waals surface area contributed by atoms with E-state index in [2.05, 4.69) is 0 Å². The fraction of sp³-hybridized carbons (Fsp3) is 0.333. The number of alkyl halides is 1. The summed E-state index contributed by atoms with van der Waals surface area (Å²) < 4.78 is 0. The number of carbonyl (C=O) groups is 2. The van der Waals surface area contributed by atoms with Gasteiger partial charge in [0, 0.05) is 0 Å². The van der Waals surface area contributed by atoms with E-state index < -0.39 is 5.24 Å². The first-order chi connectivity index (χ1) is 3.27. The number of hydrogen-bond donors (Lipinski definition) is 0. The van der Waals surface area contributed by atoms with Gasteiger partial charge in [0.05, 0.1) is 5.88 Å². The van der Waals surface area contributed by atoms with Crippen molar-refractivity contribution in [2.45, 2.75) is 0 Å². The molecule has 0 saturated carbocycles. The van der Waals surface area contributed by atoms with Crippen LogP contribution in [0, 0.1) is 0 Å². The molecule has 2 nitrogen and oxygen atoms in total. The van der Waals surface area contributed by atoms with Gasteiger partial charge in [-0.15, -0.1) is 11.6 Å². The predicted molar refractivity (Wildman–Crippen MR) is 28.7 cm³/mol. The Balaban J connectivity index is 0. The van der Waals surface area contributed by atoms with Crippen LogP contribution in [0.3, 0.4) is 0 Å². The molecule has 0 spiro atoms. The third-order valence-electron chi connectivity index (χ3n) is 0.105. The molecule has 7 heavy (non-hydrogen) atoms. The molecule has 0 rings (SSSR count). The van der Waals surface area contributed by atoms with Gasteiger partial charge in [0.25, 0.3) is 0 Å². The minimum absolute atomic E-state index is 0.0957. The summed E-state index contributed by atoms with van der Waals surface area (Å²) in [7, 11) is 0. The summed E-state index contributed by atoms with van der Waals surface area (Å²) in [5.41, 5.74) is 0. The molecule has 0 amide bonds. The summed E-state index contributed by atoms with van der Waals surface area (Å²) >= 11 is 9.55. The van der Waals surface area contributed by atoms with Crippen molar-refractivity contribution < 1.29 is 9.59 Å². The molecular weight excluding hydrogens is 139 g/mol. The Morgan fingerprint density at radius 2 is 1.71 bits per heavy atom. The molecule has 0 aromatic carbocycles. The van der Waals surface area contributed by atoms with Gasteiger partial charge < -0.3 is 4.79 Å². The van der Waals surface area contributed by atoms with Gasteiger partial charge in [-0.25, -0.2) is 0 Å². The van der Waals surface area contributed by atoms with E-state index in [1.807, 2.05) is 6.79 Å². The lowest BCUT2D eigenvalue weighted by Gasteiger charge is -1.65. The Labute approximate surface area is 51.4 Å². The van der Waals surface area contributed by atoms with Crippen LogP contribution in [0.4, 0.5) is 0 Å². The van der Waals surface area contributed by atoms with Crippen LogP contribution in [0.25, 0.3) is 0 Å². The first kappa shape index (κ1) is 10.0. The fourth-order valence-electron chi connectivity index (χ4n) is 0. The van der Waals surface area contributed by atoms with E-state index in [1.165, 1.54) is 0 Å². The summed E-state index contributed by atoms with van der Waals surface area (Å²) in [5, 5.41) is -0.508. The topological polar surface area (TPSA) is 34.1 Å². The maximum Gasteiger partial charge on any atom is 0.236 e. The van der Waals surface area contributed by atoms with Crippen molar-refractivity contribution in [2.75, 3.05) is 5.88 Å². The van der Waals surface area contributed by atoms with Gasteiger partial charge in [0.1, 0.15) is 6.79 Å². The van der Waals surface area contributed by atoms with E-state index in [4.69, 9.17) is 28.0 Å². The highest BCUT2D eigenvalue weighted by molar-refractivity contribution is 6.67. The smallest absolute Gasteiger partial charge is 0.236 e. The van der Waals surface area contributed by atoms with Crippen LogP contribution < -0.4 is 0 Å². The van der Waals surface area contributed by atoms with Gasteiger partial charge in [0.15, 0.2) is 0 Å². The molecule has 0 aliphatic heterocycles. The van der Waals surface area contributed by atoms with Crippen molar-refractivity contribution in [3.8, 4) is 0 Å². The second-order valence-electron chi connectivity index (χ2n) is 0.489. The van der Waals surface area contributed by atoms with Gasteiger partial charge in [-0.1, -0.05) is 0 Å². The second kappa shape index (κ2) is 9.33. The zero-order valence-electron chi connectivity index (χ0n) is 3.49. The van der Waals surface area contributed by atoms with E-state index in [0.717, 1.165) is 0 Å². The Bertz CT molecular complexity index is 54.9. The van der Waals surface area contributed by atoms with E-state index in [-0.39, 0.29) is 5.88 Å². The highest BCUT2D eigenvalue weighted by Crippen LogP contribution is 1.80. The van der Waals surface area contributed by atoms with Gasteiger partial charge in [-0.05, 0) is 11.6 Å². The lowest BCUT2D eigenvalue weighted by molar-refractivity contribution is -0.109. The van der Waals surface area contributed by atoms with E-state index in [9.17, 15) is 4.79 Å². The zero-order chi connectivity index (χ0) is 6.28. The largest absolute Gasteiger partial charge is 0.307 e. The standard InChI is InChI=1S/C2H2Cl2O.CH2O/c3-1-2(4)5;1-2/h1H2;1H2. The molecule has 0 atom stereocenters. The van der Waals surface area contributed by atoms with Crippen molar-refractivity contribution in [2.24, 2.45) is 0 Å². The summed E-state index contributed by atoms with van der Waals surface area (Å²) in [5.74, 6) is -0.0957. The normalized spacial score (nSPS) is 6.00. The molecule has 0 fully saturated rings. The molecular formula is C3H4Cl2O2. The first-order valence-corrected chi connectivity index (χ1v) is 2.22. The van der Waals surface area contributed by atoms with Gasteiger partial charge in [-0.3, -0.25) is 4.79 Å². The van der Waals surface area contributed by atoms with Crippen LogP contribution in [0.2, 0.25) is 0 Å². The maximum absolute atomic E-state index is 9.45. The van der Waals surface area contributed by atoms with E-state index in [0.29, 0.717) is 0 Å². The highest BCUT2D eigenvalue weighted by Gasteiger charge is 1.83. The minimum atomic E-state index is -0.508. The number of hydrogen-bond acceptors (Lipinski definition) is 2. The zero-order valence-corrected chi connectivity index (χ0v) is 5.00. The summed E-state index contributed by atoms with van der Waals surface area (Å²) in [6.07, 6.45) is 0. The molecule has 4 heteroatoms. The Morgan fingerprint density at radius 3 is 1.71 bits per heavy atom. The van der Waals surface area contributed by atoms with Crippen LogP contribution >= 0.6 is 23.2 Å². The average molecular weight is 143 g/mol. The van der Waals surface area contributed by atoms with E-state index >= 15 is 0 Å². The van der Waals surface area contributed by atoms with Crippen LogP contribution in [0.1, 0.15) is 0 Å². The molecule has 0 aliphatic carbocycles. The third-order valence-corrected chi connectivity index (χ3v) is 0.618. The van der Waals surface area contributed by atoms with Gasteiger partial charge >= 0.3 is 0 Å².